The second-order valence-electron chi connectivity index (χ2n) is 4.12. The van der Waals surface area contributed by atoms with E-state index in [0.717, 1.165) is 36.2 Å². The fourth-order valence-corrected chi connectivity index (χ4v) is 2.06. The van der Waals surface area contributed by atoms with Gasteiger partial charge in [0.05, 0.1) is 17.1 Å². The molecule has 2 rings (SSSR count). The molecule has 4 nitrogen and oxygen atoms in total. The third-order valence-corrected chi connectivity index (χ3v) is 2.84. The van der Waals surface area contributed by atoms with E-state index in [-0.39, 0.29) is 6.04 Å². The zero-order valence-corrected chi connectivity index (χ0v) is 10.2. The van der Waals surface area contributed by atoms with Gasteiger partial charge >= 0.3 is 0 Å². The highest BCUT2D eigenvalue weighted by atomic mass is 16.1. The molecule has 2 aromatic rings. The van der Waals surface area contributed by atoms with Crippen molar-refractivity contribution in [3.05, 3.63) is 30.1 Å². The zero-order valence-electron chi connectivity index (χ0n) is 10.2. The first-order valence-electron chi connectivity index (χ1n) is 5.92. The summed E-state index contributed by atoms with van der Waals surface area (Å²) < 4.78 is 2.18. The molecule has 1 heterocycles. The van der Waals surface area contributed by atoms with Gasteiger partial charge in [-0.3, -0.25) is 4.79 Å². The molecule has 0 radical (unpaired) electrons. The highest BCUT2D eigenvalue weighted by molar-refractivity contribution is 5.76. The van der Waals surface area contributed by atoms with Crippen LogP contribution in [0.3, 0.4) is 0 Å². The van der Waals surface area contributed by atoms with Gasteiger partial charge in [-0.25, -0.2) is 4.98 Å². The summed E-state index contributed by atoms with van der Waals surface area (Å²) in [6.45, 7) is 5.00. The minimum Gasteiger partial charge on any atom is -0.349 e. The van der Waals surface area contributed by atoms with Crippen molar-refractivity contribution in [1.29, 1.82) is 0 Å². The number of hydrogen-bond acceptors (Lipinski definition) is 2. The van der Waals surface area contributed by atoms with Crippen molar-refractivity contribution < 1.29 is 4.79 Å². The Kier molecular flexibility index (Phi) is 3.42. The molecule has 0 unspecified atom stereocenters. The first-order valence-corrected chi connectivity index (χ1v) is 5.92. The molecule has 0 aliphatic rings. The van der Waals surface area contributed by atoms with Crippen LogP contribution >= 0.6 is 0 Å². The fourth-order valence-electron chi connectivity index (χ4n) is 2.06. The largest absolute Gasteiger partial charge is 0.349 e. The Hall–Kier alpha value is -1.84. The lowest BCUT2D eigenvalue weighted by Crippen LogP contribution is -2.20. The molecule has 1 aromatic heterocycles. The number of imidazole rings is 1. The van der Waals surface area contributed by atoms with Crippen LogP contribution in [-0.4, -0.2) is 16.0 Å². The summed E-state index contributed by atoms with van der Waals surface area (Å²) in [5.41, 5.74) is 2.11. The van der Waals surface area contributed by atoms with E-state index in [9.17, 15) is 4.79 Å². The first kappa shape index (κ1) is 11.6. The number of aryl methyl sites for hydroxylation is 1. The number of nitrogens with zero attached hydrogens (tertiary/aromatic N) is 2. The first-order chi connectivity index (χ1) is 8.27. The molecule has 1 aromatic carbocycles. The molecule has 1 amide bonds. The van der Waals surface area contributed by atoms with Crippen LogP contribution in [-0.2, 0) is 11.3 Å². The van der Waals surface area contributed by atoms with Crippen LogP contribution in [0.4, 0.5) is 0 Å². The molecular weight excluding hydrogens is 214 g/mol. The SMILES string of the molecule is CCCn1c([C@@H](C)NC=O)nc2ccccc21. The average Bonchev–Trinajstić information content (AvgIpc) is 2.70. The molecule has 0 spiro atoms. The maximum atomic E-state index is 10.5. The molecule has 1 atom stereocenters. The lowest BCUT2D eigenvalue weighted by molar-refractivity contribution is -0.110. The minimum atomic E-state index is -0.0635. The van der Waals surface area contributed by atoms with E-state index in [1.807, 2.05) is 25.1 Å². The van der Waals surface area contributed by atoms with Crippen molar-refractivity contribution in [2.24, 2.45) is 0 Å². The number of hydrogen-bond donors (Lipinski definition) is 1. The third kappa shape index (κ3) is 2.16. The van der Waals surface area contributed by atoms with E-state index in [4.69, 9.17) is 0 Å². The summed E-state index contributed by atoms with van der Waals surface area (Å²) in [7, 11) is 0. The third-order valence-electron chi connectivity index (χ3n) is 2.84. The predicted molar refractivity (Wildman–Crippen MR) is 67.6 cm³/mol. The Labute approximate surface area is 101 Å². The van der Waals surface area contributed by atoms with E-state index in [2.05, 4.69) is 27.9 Å². The van der Waals surface area contributed by atoms with E-state index >= 15 is 0 Å². The molecular formula is C13H17N3O. The van der Waals surface area contributed by atoms with E-state index < -0.39 is 0 Å². The molecule has 4 heteroatoms. The standard InChI is InChI=1S/C13H17N3O/c1-3-8-16-12-7-5-4-6-11(12)15-13(16)10(2)14-9-17/h4-7,9-10H,3,8H2,1-2H3,(H,14,17)/t10-/m1/s1. The Morgan fingerprint density at radius 3 is 2.94 bits per heavy atom. The summed E-state index contributed by atoms with van der Waals surface area (Å²) >= 11 is 0. The van der Waals surface area contributed by atoms with Crippen molar-refractivity contribution in [3.63, 3.8) is 0 Å². The Bertz CT molecular complexity index is 518. The maximum Gasteiger partial charge on any atom is 0.207 e. The van der Waals surface area contributed by atoms with E-state index in [1.165, 1.54) is 0 Å². The maximum absolute atomic E-state index is 10.5. The Morgan fingerprint density at radius 2 is 2.24 bits per heavy atom. The summed E-state index contributed by atoms with van der Waals surface area (Å²) in [6, 6.07) is 7.99. The van der Waals surface area contributed by atoms with Gasteiger partial charge in [0.1, 0.15) is 5.82 Å². The molecule has 90 valence electrons. The number of nitrogens with one attached hydrogen (secondary N) is 1. The molecule has 17 heavy (non-hydrogen) atoms. The summed E-state index contributed by atoms with van der Waals surface area (Å²) in [4.78, 5) is 15.1. The van der Waals surface area contributed by atoms with Crippen molar-refractivity contribution in [1.82, 2.24) is 14.9 Å². The van der Waals surface area contributed by atoms with Crippen molar-refractivity contribution in [2.75, 3.05) is 0 Å². The van der Waals surface area contributed by atoms with Crippen LogP contribution in [0.25, 0.3) is 11.0 Å². The van der Waals surface area contributed by atoms with Crippen LogP contribution in [0.2, 0.25) is 0 Å². The van der Waals surface area contributed by atoms with Gasteiger partial charge in [0.2, 0.25) is 6.41 Å². The van der Waals surface area contributed by atoms with Gasteiger partial charge in [0.15, 0.2) is 0 Å². The average molecular weight is 231 g/mol. The number of carbonyl (C=O) groups excluding carboxylic acids is 1. The van der Waals surface area contributed by atoms with Gasteiger partial charge in [-0.1, -0.05) is 19.1 Å². The normalized spacial score (nSPS) is 12.6. The van der Waals surface area contributed by atoms with E-state index in [1.54, 1.807) is 0 Å². The van der Waals surface area contributed by atoms with Crippen LogP contribution in [0.15, 0.2) is 24.3 Å². The van der Waals surface area contributed by atoms with Crippen molar-refractivity contribution >= 4 is 17.4 Å². The van der Waals surface area contributed by atoms with Crippen LogP contribution in [0.5, 0.6) is 0 Å². The number of para-hydroxylation sites is 2. The zero-order chi connectivity index (χ0) is 12.3. The number of fused-ring (bicyclic) bond motifs is 1. The highest BCUT2D eigenvalue weighted by Crippen LogP contribution is 2.20. The Morgan fingerprint density at radius 1 is 1.47 bits per heavy atom. The summed E-state index contributed by atoms with van der Waals surface area (Å²) in [5, 5.41) is 2.76. The molecule has 0 bridgehead atoms. The van der Waals surface area contributed by atoms with Gasteiger partial charge in [0.25, 0.3) is 0 Å². The molecule has 0 fully saturated rings. The topological polar surface area (TPSA) is 46.9 Å². The lowest BCUT2D eigenvalue weighted by Gasteiger charge is -2.13. The van der Waals surface area contributed by atoms with Crippen molar-refractivity contribution in [2.45, 2.75) is 32.9 Å². The number of carbonyl (C=O) groups is 1. The molecule has 0 aliphatic heterocycles. The number of rotatable bonds is 5. The molecule has 0 saturated carbocycles. The number of benzene rings is 1. The highest BCUT2D eigenvalue weighted by Gasteiger charge is 2.14. The van der Waals surface area contributed by atoms with Gasteiger partial charge in [-0.15, -0.1) is 0 Å². The quantitative estimate of drug-likeness (QED) is 0.802. The predicted octanol–water partition coefficient (Wildman–Crippen LogP) is 2.25. The molecule has 0 saturated heterocycles. The number of aromatic nitrogens is 2. The lowest BCUT2D eigenvalue weighted by atomic mass is 10.3. The summed E-state index contributed by atoms with van der Waals surface area (Å²) in [5.74, 6) is 0.917. The van der Waals surface area contributed by atoms with Gasteiger partial charge in [0, 0.05) is 6.54 Å². The number of amides is 1. The summed E-state index contributed by atoms with van der Waals surface area (Å²) in [6.07, 6.45) is 1.77. The second-order valence-corrected chi connectivity index (χ2v) is 4.12. The van der Waals surface area contributed by atoms with Gasteiger partial charge in [-0.05, 0) is 25.5 Å². The molecule has 1 N–H and O–H groups in total. The van der Waals surface area contributed by atoms with Crippen LogP contribution < -0.4 is 5.32 Å². The molecule has 0 aliphatic carbocycles. The van der Waals surface area contributed by atoms with Gasteiger partial charge in [-0.2, -0.15) is 0 Å². The minimum absolute atomic E-state index is 0.0635. The Balaban J connectivity index is 2.52. The van der Waals surface area contributed by atoms with Gasteiger partial charge < -0.3 is 9.88 Å². The second kappa shape index (κ2) is 4.99. The smallest absolute Gasteiger partial charge is 0.207 e. The van der Waals surface area contributed by atoms with Crippen molar-refractivity contribution in [3.8, 4) is 0 Å². The monoisotopic (exact) mass is 231 g/mol. The fraction of sp³-hybridized carbons (Fsp3) is 0.385. The van der Waals surface area contributed by atoms with Crippen LogP contribution in [0, 0.1) is 0 Å². The van der Waals surface area contributed by atoms with Crippen LogP contribution in [0.1, 0.15) is 32.1 Å². The van der Waals surface area contributed by atoms with E-state index in [0.29, 0.717) is 0 Å².